The summed E-state index contributed by atoms with van der Waals surface area (Å²) in [6.45, 7) is 2.13. The Morgan fingerprint density at radius 2 is 1.87 bits per heavy atom. The summed E-state index contributed by atoms with van der Waals surface area (Å²) in [6.07, 6.45) is 2.30. The zero-order valence-corrected chi connectivity index (χ0v) is 9.11. The zero-order chi connectivity index (χ0) is 11.1. The molecule has 1 unspecified atom stereocenters. The first-order valence-electron chi connectivity index (χ1n) is 5.39. The zero-order valence-electron chi connectivity index (χ0n) is 9.11. The highest BCUT2D eigenvalue weighted by atomic mass is 16.3. The van der Waals surface area contributed by atoms with Gasteiger partial charge in [-0.3, -0.25) is 0 Å². The molecule has 0 aromatic heterocycles. The van der Waals surface area contributed by atoms with Gasteiger partial charge in [-0.25, -0.2) is 0 Å². The van der Waals surface area contributed by atoms with Gasteiger partial charge in [0.1, 0.15) is 0 Å². The van der Waals surface area contributed by atoms with Crippen LogP contribution in [0.2, 0.25) is 0 Å². The molecule has 0 heterocycles. The molecule has 0 saturated carbocycles. The van der Waals surface area contributed by atoms with Crippen LogP contribution in [0.5, 0.6) is 0 Å². The highest BCUT2D eigenvalue weighted by molar-refractivity contribution is 5.22. The van der Waals surface area contributed by atoms with Crippen LogP contribution < -0.4 is 0 Å². The van der Waals surface area contributed by atoms with E-state index >= 15 is 0 Å². The maximum absolute atomic E-state index is 9.39. The van der Waals surface area contributed by atoms with Crippen molar-refractivity contribution in [1.82, 2.24) is 0 Å². The van der Waals surface area contributed by atoms with Gasteiger partial charge in [-0.2, -0.15) is 5.26 Å². The van der Waals surface area contributed by atoms with Crippen LogP contribution in [0.15, 0.2) is 24.3 Å². The maximum Gasteiger partial charge on any atom is 0.0673 e. The van der Waals surface area contributed by atoms with Crippen LogP contribution in [0, 0.1) is 11.3 Å². The molecule has 2 nitrogen and oxygen atoms in total. The summed E-state index contributed by atoms with van der Waals surface area (Å²) >= 11 is 0. The summed E-state index contributed by atoms with van der Waals surface area (Å²) in [5, 5.41) is 17.8. The lowest BCUT2D eigenvalue weighted by Gasteiger charge is -2.06. The van der Waals surface area contributed by atoms with E-state index in [9.17, 15) is 5.11 Å². The minimum atomic E-state index is -0.485. The van der Waals surface area contributed by atoms with E-state index in [-0.39, 0.29) is 6.42 Å². The molecule has 0 fully saturated rings. The Morgan fingerprint density at radius 3 is 2.40 bits per heavy atom. The van der Waals surface area contributed by atoms with Crippen LogP contribution in [0.4, 0.5) is 0 Å². The van der Waals surface area contributed by atoms with Crippen molar-refractivity contribution in [2.75, 3.05) is 0 Å². The maximum atomic E-state index is 9.39. The number of nitrogens with zero attached hydrogens (tertiary/aromatic N) is 1. The van der Waals surface area contributed by atoms with Gasteiger partial charge in [0, 0.05) is 0 Å². The fraction of sp³-hybridized carbons (Fsp3) is 0.462. The molecular weight excluding hydrogens is 186 g/mol. The number of rotatable bonds is 5. The highest BCUT2D eigenvalue weighted by Gasteiger charge is 2.03. The van der Waals surface area contributed by atoms with E-state index in [4.69, 9.17) is 5.26 Å². The largest absolute Gasteiger partial charge is 0.392 e. The summed E-state index contributed by atoms with van der Waals surface area (Å²) in [7, 11) is 0. The van der Waals surface area contributed by atoms with Crippen molar-refractivity contribution < 1.29 is 5.11 Å². The summed E-state index contributed by atoms with van der Waals surface area (Å²) in [5.74, 6) is 0. The fourth-order valence-corrected chi connectivity index (χ4v) is 1.48. The van der Waals surface area contributed by atoms with Gasteiger partial charge in [-0.1, -0.05) is 31.2 Å². The molecule has 1 atom stereocenters. The molecule has 1 N–H and O–H groups in total. The van der Waals surface area contributed by atoms with Crippen LogP contribution >= 0.6 is 0 Å². The van der Waals surface area contributed by atoms with Crippen LogP contribution in [0.25, 0.3) is 0 Å². The molecule has 1 rings (SSSR count). The molecule has 0 aliphatic heterocycles. The number of aliphatic hydroxyl groups is 1. The van der Waals surface area contributed by atoms with Crippen LogP contribution in [-0.2, 0) is 12.8 Å². The summed E-state index contributed by atoms with van der Waals surface area (Å²) in [6, 6.07) is 10.4. The molecule has 0 aliphatic carbocycles. The van der Waals surface area contributed by atoms with Gasteiger partial charge >= 0.3 is 0 Å². The molecule has 0 spiro atoms. The first-order chi connectivity index (χ1) is 7.26. The summed E-state index contributed by atoms with van der Waals surface area (Å²) in [4.78, 5) is 0. The average Bonchev–Trinajstić information content (AvgIpc) is 2.27. The van der Waals surface area contributed by atoms with Gasteiger partial charge in [0.25, 0.3) is 0 Å². The lowest BCUT2D eigenvalue weighted by molar-refractivity contribution is 0.170. The van der Waals surface area contributed by atoms with E-state index in [0.29, 0.717) is 6.42 Å². The van der Waals surface area contributed by atoms with Gasteiger partial charge in [0.2, 0.25) is 0 Å². The molecule has 0 bridgehead atoms. The lowest BCUT2D eigenvalue weighted by atomic mass is 10.0. The average molecular weight is 203 g/mol. The molecule has 0 radical (unpaired) electrons. The third-order valence-electron chi connectivity index (χ3n) is 2.52. The standard InChI is InChI=1S/C13H17NO/c1-2-11-3-5-12(6-4-11)7-8-13(15)9-10-14/h3-6,13,15H,2,7-9H2,1H3. The second-order valence-electron chi connectivity index (χ2n) is 3.72. The first-order valence-corrected chi connectivity index (χ1v) is 5.39. The number of aryl methyl sites for hydroxylation is 2. The number of aliphatic hydroxyl groups excluding tert-OH is 1. The molecule has 2 heteroatoms. The number of nitriles is 1. The topological polar surface area (TPSA) is 44.0 Å². The van der Waals surface area contributed by atoms with Gasteiger partial charge in [0.15, 0.2) is 0 Å². The molecule has 0 saturated heterocycles. The third-order valence-corrected chi connectivity index (χ3v) is 2.52. The van der Waals surface area contributed by atoms with Gasteiger partial charge in [-0.15, -0.1) is 0 Å². The molecular formula is C13H17NO. The monoisotopic (exact) mass is 203 g/mol. The predicted molar refractivity (Wildman–Crippen MR) is 60.4 cm³/mol. The Morgan fingerprint density at radius 1 is 1.27 bits per heavy atom. The summed E-state index contributed by atoms with van der Waals surface area (Å²) in [5.41, 5.74) is 2.56. The number of hydrogen-bond donors (Lipinski definition) is 1. The van der Waals surface area contributed by atoms with Gasteiger partial charge in [-0.05, 0) is 30.4 Å². The smallest absolute Gasteiger partial charge is 0.0673 e. The van der Waals surface area contributed by atoms with Crippen LogP contribution in [-0.4, -0.2) is 11.2 Å². The molecule has 0 aliphatic rings. The Bertz CT molecular complexity index is 323. The third kappa shape index (κ3) is 4.14. The Labute approximate surface area is 91.2 Å². The van der Waals surface area contributed by atoms with Gasteiger partial charge in [0.05, 0.1) is 18.6 Å². The molecule has 80 valence electrons. The van der Waals surface area contributed by atoms with E-state index in [1.807, 2.05) is 6.07 Å². The van der Waals surface area contributed by atoms with Crippen molar-refractivity contribution in [3.05, 3.63) is 35.4 Å². The van der Waals surface area contributed by atoms with E-state index in [1.165, 1.54) is 11.1 Å². The van der Waals surface area contributed by atoms with E-state index in [2.05, 4.69) is 31.2 Å². The minimum absolute atomic E-state index is 0.229. The van der Waals surface area contributed by atoms with Crippen molar-refractivity contribution in [2.24, 2.45) is 0 Å². The normalized spacial score (nSPS) is 12.1. The lowest BCUT2D eigenvalue weighted by Crippen LogP contribution is -2.06. The highest BCUT2D eigenvalue weighted by Crippen LogP contribution is 2.09. The Hall–Kier alpha value is -1.33. The fourth-order valence-electron chi connectivity index (χ4n) is 1.48. The quantitative estimate of drug-likeness (QED) is 0.798. The first kappa shape index (κ1) is 11.7. The van der Waals surface area contributed by atoms with Crippen molar-refractivity contribution in [3.8, 4) is 6.07 Å². The van der Waals surface area contributed by atoms with E-state index in [1.54, 1.807) is 0 Å². The predicted octanol–water partition coefficient (Wildman–Crippen LogP) is 2.46. The minimum Gasteiger partial charge on any atom is -0.392 e. The van der Waals surface area contributed by atoms with Crippen molar-refractivity contribution in [3.63, 3.8) is 0 Å². The van der Waals surface area contributed by atoms with Crippen molar-refractivity contribution in [2.45, 2.75) is 38.7 Å². The second-order valence-corrected chi connectivity index (χ2v) is 3.72. The molecule has 1 aromatic carbocycles. The van der Waals surface area contributed by atoms with Crippen LogP contribution in [0.1, 0.15) is 30.9 Å². The SMILES string of the molecule is CCc1ccc(CCC(O)CC#N)cc1. The Balaban J connectivity index is 2.41. The second kappa shape index (κ2) is 6.21. The molecule has 0 amide bonds. The van der Waals surface area contributed by atoms with Crippen molar-refractivity contribution in [1.29, 1.82) is 5.26 Å². The van der Waals surface area contributed by atoms with E-state index in [0.717, 1.165) is 12.8 Å². The molecule has 1 aromatic rings. The molecule has 15 heavy (non-hydrogen) atoms. The Kier molecular flexibility index (Phi) is 4.86. The van der Waals surface area contributed by atoms with Crippen molar-refractivity contribution >= 4 is 0 Å². The summed E-state index contributed by atoms with van der Waals surface area (Å²) < 4.78 is 0. The van der Waals surface area contributed by atoms with Crippen LogP contribution in [0.3, 0.4) is 0 Å². The van der Waals surface area contributed by atoms with Gasteiger partial charge < -0.3 is 5.11 Å². The number of hydrogen-bond acceptors (Lipinski definition) is 2. The van der Waals surface area contributed by atoms with E-state index < -0.39 is 6.10 Å². The number of benzene rings is 1.